The number of carbonyl (C=O) groups is 1. The molecule has 1 saturated carbocycles. The molecular formula is C19H24N4O4. The number of hydrogen-bond donors (Lipinski definition) is 1. The summed E-state index contributed by atoms with van der Waals surface area (Å²) in [6.45, 7) is 1.32. The normalized spacial score (nSPS) is 27.3. The Morgan fingerprint density at radius 3 is 2.63 bits per heavy atom. The number of aromatic nitrogens is 3. The molecule has 4 atom stereocenters. The molecule has 8 nitrogen and oxygen atoms in total. The minimum Gasteiger partial charge on any atom is -0.481 e. The molecule has 0 radical (unpaired) electrons. The van der Waals surface area contributed by atoms with Gasteiger partial charge in [-0.1, -0.05) is 0 Å². The highest BCUT2D eigenvalue weighted by Crippen LogP contribution is 2.41. The van der Waals surface area contributed by atoms with Gasteiger partial charge in [0, 0.05) is 31.5 Å². The van der Waals surface area contributed by atoms with Crippen LogP contribution < -0.4 is 9.47 Å². The fraction of sp³-hybridized carbons (Fsp3) is 0.526. The maximum Gasteiger partial charge on any atom is 0.259 e. The number of carbonyl (C=O) groups excluding carboxylic acids is 1. The number of fused-ring (bicyclic) bond motifs is 1. The monoisotopic (exact) mass is 372 g/mol. The lowest BCUT2D eigenvalue weighted by Gasteiger charge is -2.35. The minimum absolute atomic E-state index is 0.0148. The van der Waals surface area contributed by atoms with Crippen LogP contribution in [0.5, 0.6) is 11.8 Å². The summed E-state index contributed by atoms with van der Waals surface area (Å²) in [5.41, 5.74) is 0.434. The summed E-state index contributed by atoms with van der Waals surface area (Å²) in [4.78, 5) is 23.2. The van der Waals surface area contributed by atoms with Crippen molar-refractivity contribution in [2.75, 3.05) is 27.3 Å². The fourth-order valence-electron chi connectivity index (χ4n) is 4.39. The first-order valence-corrected chi connectivity index (χ1v) is 9.14. The summed E-state index contributed by atoms with van der Waals surface area (Å²) in [5.74, 6) is 1.25. The lowest BCUT2D eigenvalue weighted by Crippen LogP contribution is -2.35. The number of likely N-dealkylation sites (tertiary alicyclic amines) is 1. The quantitative estimate of drug-likeness (QED) is 0.872. The number of nitrogens with zero attached hydrogens (tertiary/aromatic N) is 4. The molecule has 0 aromatic carbocycles. The Morgan fingerprint density at radius 2 is 1.96 bits per heavy atom. The van der Waals surface area contributed by atoms with Crippen LogP contribution in [0.4, 0.5) is 0 Å². The van der Waals surface area contributed by atoms with Crippen molar-refractivity contribution >= 4 is 5.91 Å². The molecule has 27 heavy (non-hydrogen) atoms. The number of hydrogen-bond acceptors (Lipinski definition) is 6. The lowest BCUT2D eigenvalue weighted by molar-refractivity contribution is 0.0357. The molecule has 1 N–H and O–H groups in total. The van der Waals surface area contributed by atoms with E-state index >= 15 is 0 Å². The summed E-state index contributed by atoms with van der Waals surface area (Å²) in [7, 11) is 3.02. The topological polar surface area (TPSA) is 89.7 Å². The van der Waals surface area contributed by atoms with Crippen LogP contribution in [0.2, 0.25) is 0 Å². The van der Waals surface area contributed by atoms with Crippen molar-refractivity contribution in [3.63, 3.8) is 0 Å². The summed E-state index contributed by atoms with van der Waals surface area (Å²) in [6.07, 6.45) is 6.47. The fourth-order valence-corrected chi connectivity index (χ4v) is 4.39. The molecule has 4 rings (SSSR count). The molecule has 0 bridgehead atoms. The van der Waals surface area contributed by atoms with Crippen molar-refractivity contribution in [2.24, 2.45) is 11.8 Å². The van der Waals surface area contributed by atoms with Crippen LogP contribution in [0.3, 0.4) is 0 Å². The lowest BCUT2D eigenvalue weighted by atomic mass is 9.77. The minimum atomic E-state index is -0.423. The van der Waals surface area contributed by atoms with E-state index < -0.39 is 6.10 Å². The Hall–Kier alpha value is -2.61. The second kappa shape index (κ2) is 7.19. The molecule has 2 aromatic rings. The molecule has 1 saturated heterocycles. The number of methoxy groups -OCH3 is 2. The Bertz CT molecular complexity index is 810. The average molecular weight is 372 g/mol. The van der Waals surface area contributed by atoms with Crippen molar-refractivity contribution in [1.82, 2.24) is 19.4 Å². The zero-order chi connectivity index (χ0) is 19.0. The molecule has 0 unspecified atom stereocenters. The highest BCUT2D eigenvalue weighted by Gasteiger charge is 2.43. The van der Waals surface area contributed by atoms with Gasteiger partial charge in [-0.05, 0) is 30.7 Å². The van der Waals surface area contributed by atoms with Crippen molar-refractivity contribution in [3.8, 4) is 11.8 Å². The van der Waals surface area contributed by atoms with Crippen LogP contribution in [0.25, 0.3) is 0 Å². The van der Waals surface area contributed by atoms with E-state index in [2.05, 4.69) is 9.97 Å². The first-order valence-electron chi connectivity index (χ1n) is 9.14. The third-order valence-corrected chi connectivity index (χ3v) is 5.77. The van der Waals surface area contributed by atoms with Gasteiger partial charge in [-0.25, -0.2) is 4.98 Å². The zero-order valence-corrected chi connectivity index (χ0v) is 15.5. The van der Waals surface area contributed by atoms with E-state index in [1.54, 1.807) is 24.7 Å². The van der Waals surface area contributed by atoms with Crippen LogP contribution in [0.1, 0.15) is 29.2 Å². The molecule has 3 heterocycles. The molecule has 2 aliphatic rings. The first-order chi connectivity index (χ1) is 13.1. The molecule has 0 spiro atoms. The Kier molecular flexibility index (Phi) is 4.73. The van der Waals surface area contributed by atoms with Crippen LogP contribution in [-0.4, -0.2) is 63.9 Å². The number of rotatable bonds is 4. The predicted octanol–water partition coefficient (Wildman–Crippen LogP) is 1.38. The molecule has 8 heteroatoms. The maximum absolute atomic E-state index is 13.0. The van der Waals surface area contributed by atoms with E-state index in [4.69, 9.17) is 9.47 Å². The SMILES string of the molecule is COc1ccc(C(=O)N2C[C@H]3C[C@@H](n4ccnc4)[C@H](O)C[C@H]3C2)c(OC)n1. The van der Waals surface area contributed by atoms with Crippen molar-refractivity contribution in [1.29, 1.82) is 0 Å². The second-order valence-electron chi connectivity index (χ2n) is 7.26. The Balaban J connectivity index is 1.50. The molecule has 2 aromatic heterocycles. The third kappa shape index (κ3) is 3.25. The van der Waals surface area contributed by atoms with Crippen LogP contribution in [-0.2, 0) is 0 Å². The van der Waals surface area contributed by atoms with Gasteiger partial charge in [-0.3, -0.25) is 4.79 Å². The number of ether oxygens (including phenoxy) is 2. The number of aliphatic hydroxyl groups is 1. The van der Waals surface area contributed by atoms with Gasteiger partial charge >= 0.3 is 0 Å². The van der Waals surface area contributed by atoms with Crippen LogP contribution in [0.15, 0.2) is 30.9 Å². The average Bonchev–Trinajstić information content (AvgIpc) is 3.35. The molecular weight excluding hydrogens is 348 g/mol. The number of imidazole rings is 1. The maximum atomic E-state index is 13.0. The van der Waals surface area contributed by atoms with E-state index in [1.165, 1.54) is 14.2 Å². The van der Waals surface area contributed by atoms with E-state index in [-0.39, 0.29) is 17.8 Å². The standard InChI is InChI=1S/C19H24N4O4/c1-26-17-4-3-14(18(21-17)27-2)19(25)23-9-12-7-15(22-6-5-20-11-22)16(24)8-13(12)10-23/h3-6,11-13,15-16,24H,7-10H2,1-2H3/t12-,13+,15-,16-/m1/s1. The smallest absolute Gasteiger partial charge is 0.259 e. The molecule has 1 amide bonds. The van der Waals surface area contributed by atoms with Gasteiger partial charge in [-0.15, -0.1) is 0 Å². The predicted molar refractivity (Wildman–Crippen MR) is 96.7 cm³/mol. The Labute approximate surface area is 157 Å². The van der Waals surface area contributed by atoms with Crippen LogP contribution >= 0.6 is 0 Å². The highest BCUT2D eigenvalue weighted by molar-refractivity contribution is 5.96. The van der Waals surface area contributed by atoms with E-state index in [9.17, 15) is 9.90 Å². The van der Waals surface area contributed by atoms with Gasteiger partial charge in [0.2, 0.25) is 11.8 Å². The van der Waals surface area contributed by atoms with Crippen molar-refractivity contribution in [3.05, 3.63) is 36.4 Å². The number of pyridine rings is 1. The van der Waals surface area contributed by atoms with E-state index in [1.807, 2.05) is 15.7 Å². The highest BCUT2D eigenvalue weighted by atomic mass is 16.5. The van der Waals surface area contributed by atoms with Gasteiger partial charge in [-0.2, -0.15) is 4.98 Å². The second-order valence-corrected chi connectivity index (χ2v) is 7.26. The van der Waals surface area contributed by atoms with E-state index in [0.717, 1.165) is 6.42 Å². The molecule has 1 aliphatic heterocycles. The van der Waals surface area contributed by atoms with Gasteiger partial charge in [0.25, 0.3) is 5.91 Å². The van der Waals surface area contributed by atoms with Gasteiger partial charge in [0.15, 0.2) is 0 Å². The van der Waals surface area contributed by atoms with Crippen molar-refractivity contribution < 1.29 is 19.4 Å². The molecule has 1 aliphatic carbocycles. The first kappa shape index (κ1) is 17.8. The molecule has 2 fully saturated rings. The van der Waals surface area contributed by atoms with Gasteiger partial charge in [0.1, 0.15) is 5.56 Å². The summed E-state index contributed by atoms with van der Waals surface area (Å²) in [5, 5.41) is 10.6. The third-order valence-electron chi connectivity index (χ3n) is 5.77. The van der Waals surface area contributed by atoms with Gasteiger partial charge < -0.3 is 24.0 Å². The largest absolute Gasteiger partial charge is 0.481 e. The van der Waals surface area contributed by atoms with Crippen LogP contribution in [0, 0.1) is 11.8 Å². The zero-order valence-electron chi connectivity index (χ0n) is 15.5. The molecule has 144 valence electrons. The number of aliphatic hydroxyl groups excluding tert-OH is 1. The van der Waals surface area contributed by atoms with E-state index in [0.29, 0.717) is 42.8 Å². The van der Waals surface area contributed by atoms with Crippen molar-refractivity contribution in [2.45, 2.75) is 25.0 Å². The summed E-state index contributed by atoms with van der Waals surface area (Å²) < 4.78 is 12.4. The summed E-state index contributed by atoms with van der Waals surface area (Å²) >= 11 is 0. The number of amides is 1. The Morgan fingerprint density at radius 1 is 1.19 bits per heavy atom. The van der Waals surface area contributed by atoms with Gasteiger partial charge in [0.05, 0.1) is 32.7 Å². The summed E-state index contributed by atoms with van der Waals surface area (Å²) in [6, 6.07) is 3.37.